The Morgan fingerprint density at radius 2 is 2.00 bits per heavy atom. The van der Waals surface area contributed by atoms with Gasteiger partial charge in [-0.25, -0.2) is 4.39 Å². The largest absolute Gasteiger partial charge is 0.367 e. The molecule has 0 aliphatic heterocycles. The second-order valence-electron chi connectivity index (χ2n) is 4.09. The standard InChI is InChI=1S/C14H9ClFN3O/c15-9-5-3-4-8(12(9)16)13-11(14(17)20-19-13)10-6-1-2-7-18-10/h1-7H,17H2. The predicted octanol–water partition coefficient (Wildman–Crippen LogP) is 3.78. The fraction of sp³-hybridized carbons (Fsp3) is 0. The van der Waals surface area contributed by atoms with E-state index in [9.17, 15) is 4.39 Å². The summed E-state index contributed by atoms with van der Waals surface area (Å²) in [5.41, 5.74) is 7.28. The van der Waals surface area contributed by atoms with Gasteiger partial charge in [0, 0.05) is 11.8 Å². The van der Waals surface area contributed by atoms with Gasteiger partial charge in [-0.2, -0.15) is 0 Å². The molecule has 100 valence electrons. The van der Waals surface area contributed by atoms with Crippen molar-refractivity contribution in [3.8, 4) is 22.5 Å². The van der Waals surface area contributed by atoms with Gasteiger partial charge in [0.05, 0.1) is 16.3 Å². The van der Waals surface area contributed by atoms with E-state index in [1.54, 1.807) is 36.5 Å². The van der Waals surface area contributed by atoms with Crippen LogP contribution in [0.1, 0.15) is 0 Å². The van der Waals surface area contributed by atoms with Crippen molar-refractivity contribution in [2.75, 3.05) is 5.73 Å². The number of nitrogens with zero attached hydrogens (tertiary/aromatic N) is 2. The first-order chi connectivity index (χ1) is 9.68. The van der Waals surface area contributed by atoms with Gasteiger partial charge in [0.25, 0.3) is 0 Å². The van der Waals surface area contributed by atoms with Gasteiger partial charge in [-0.3, -0.25) is 4.98 Å². The molecule has 0 aliphatic carbocycles. The molecule has 0 radical (unpaired) electrons. The number of nitrogen functional groups attached to an aromatic ring is 1. The highest BCUT2D eigenvalue weighted by atomic mass is 35.5. The van der Waals surface area contributed by atoms with Gasteiger partial charge in [0.15, 0.2) is 5.82 Å². The summed E-state index contributed by atoms with van der Waals surface area (Å²) >= 11 is 5.79. The van der Waals surface area contributed by atoms with E-state index in [4.69, 9.17) is 21.9 Å². The van der Waals surface area contributed by atoms with E-state index in [0.29, 0.717) is 11.3 Å². The van der Waals surface area contributed by atoms with E-state index in [1.807, 2.05) is 0 Å². The minimum Gasteiger partial charge on any atom is -0.367 e. The monoisotopic (exact) mass is 289 g/mol. The van der Waals surface area contributed by atoms with Crippen molar-refractivity contribution >= 4 is 17.5 Å². The molecule has 1 aromatic carbocycles. The Labute approximate surface area is 119 Å². The summed E-state index contributed by atoms with van der Waals surface area (Å²) in [6.45, 7) is 0. The molecular weight excluding hydrogens is 281 g/mol. The van der Waals surface area contributed by atoms with E-state index in [-0.39, 0.29) is 22.2 Å². The minimum absolute atomic E-state index is 0.0102. The van der Waals surface area contributed by atoms with Crippen molar-refractivity contribution in [2.45, 2.75) is 0 Å². The van der Waals surface area contributed by atoms with Crippen LogP contribution in [0.25, 0.3) is 22.5 Å². The third kappa shape index (κ3) is 2.02. The molecule has 2 N–H and O–H groups in total. The number of benzene rings is 1. The predicted molar refractivity (Wildman–Crippen MR) is 74.6 cm³/mol. The Morgan fingerprint density at radius 3 is 2.75 bits per heavy atom. The Balaban J connectivity index is 2.24. The lowest BCUT2D eigenvalue weighted by atomic mass is 10.0. The highest BCUT2D eigenvalue weighted by molar-refractivity contribution is 6.31. The summed E-state index contributed by atoms with van der Waals surface area (Å²) in [5, 5.41) is 3.84. The summed E-state index contributed by atoms with van der Waals surface area (Å²) in [6.07, 6.45) is 1.61. The van der Waals surface area contributed by atoms with Crippen LogP contribution in [-0.4, -0.2) is 10.1 Å². The lowest BCUT2D eigenvalue weighted by molar-refractivity contribution is 0.439. The van der Waals surface area contributed by atoms with E-state index in [0.717, 1.165) is 0 Å². The normalized spacial score (nSPS) is 10.7. The van der Waals surface area contributed by atoms with Gasteiger partial charge < -0.3 is 10.3 Å². The number of pyridine rings is 1. The molecule has 20 heavy (non-hydrogen) atoms. The van der Waals surface area contributed by atoms with Gasteiger partial charge in [0.1, 0.15) is 5.69 Å². The van der Waals surface area contributed by atoms with Crippen LogP contribution in [0.5, 0.6) is 0 Å². The second kappa shape index (κ2) is 4.94. The maximum Gasteiger partial charge on any atom is 0.232 e. The number of hydrogen-bond acceptors (Lipinski definition) is 4. The van der Waals surface area contributed by atoms with Crippen molar-refractivity contribution < 1.29 is 8.91 Å². The number of anilines is 1. The van der Waals surface area contributed by atoms with E-state index >= 15 is 0 Å². The van der Waals surface area contributed by atoms with Gasteiger partial charge in [-0.1, -0.05) is 28.9 Å². The molecule has 0 saturated carbocycles. The summed E-state index contributed by atoms with van der Waals surface area (Å²) in [7, 11) is 0. The third-order valence-corrected chi connectivity index (χ3v) is 3.14. The van der Waals surface area contributed by atoms with Crippen molar-refractivity contribution in [1.82, 2.24) is 10.1 Å². The average molecular weight is 290 g/mol. The van der Waals surface area contributed by atoms with Crippen LogP contribution < -0.4 is 5.73 Å². The van der Waals surface area contributed by atoms with Crippen molar-refractivity contribution in [3.63, 3.8) is 0 Å². The molecule has 0 unspecified atom stereocenters. The Kier molecular flexibility index (Phi) is 3.12. The van der Waals surface area contributed by atoms with Crippen molar-refractivity contribution in [3.05, 3.63) is 53.4 Å². The molecule has 0 spiro atoms. The zero-order chi connectivity index (χ0) is 14.1. The molecule has 2 aromatic heterocycles. The molecule has 0 aliphatic rings. The first-order valence-corrected chi connectivity index (χ1v) is 6.17. The molecule has 0 atom stereocenters. The van der Waals surface area contributed by atoms with Crippen LogP contribution in [-0.2, 0) is 0 Å². The summed E-state index contributed by atoms with van der Waals surface area (Å²) in [4.78, 5) is 4.18. The smallest absolute Gasteiger partial charge is 0.232 e. The number of nitrogens with two attached hydrogens (primary N) is 1. The molecule has 2 heterocycles. The second-order valence-corrected chi connectivity index (χ2v) is 4.49. The maximum atomic E-state index is 14.1. The van der Waals surface area contributed by atoms with Gasteiger partial charge in [0.2, 0.25) is 5.88 Å². The minimum atomic E-state index is -0.570. The lowest BCUT2D eigenvalue weighted by Crippen LogP contribution is -1.92. The molecule has 3 aromatic rings. The molecule has 0 bridgehead atoms. The molecule has 0 fully saturated rings. The quantitative estimate of drug-likeness (QED) is 0.780. The van der Waals surface area contributed by atoms with E-state index in [2.05, 4.69) is 10.1 Å². The molecule has 0 saturated heterocycles. The van der Waals surface area contributed by atoms with E-state index in [1.165, 1.54) is 6.07 Å². The Bertz CT molecular complexity index is 758. The first-order valence-electron chi connectivity index (χ1n) is 5.79. The zero-order valence-electron chi connectivity index (χ0n) is 10.2. The highest BCUT2D eigenvalue weighted by Crippen LogP contribution is 2.37. The highest BCUT2D eigenvalue weighted by Gasteiger charge is 2.21. The topological polar surface area (TPSA) is 64.9 Å². The average Bonchev–Trinajstić information content (AvgIpc) is 2.84. The van der Waals surface area contributed by atoms with Gasteiger partial charge >= 0.3 is 0 Å². The van der Waals surface area contributed by atoms with Crippen molar-refractivity contribution in [1.29, 1.82) is 0 Å². The molecule has 0 amide bonds. The summed E-state index contributed by atoms with van der Waals surface area (Å²) in [5.74, 6) is -0.488. The zero-order valence-corrected chi connectivity index (χ0v) is 10.9. The fourth-order valence-corrected chi connectivity index (χ4v) is 2.11. The van der Waals surface area contributed by atoms with E-state index < -0.39 is 5.82 Å². The first kappa shape index (κ1) is 12.6. The molecular formula is C14H9ClFN3O. The number of hydrogen-bond donors (Lipinski definition) is 1. The van der Waals surface area contributed by atoms with Crippen LogP contribution in [0, 0.1) is 5.82 Å². The SMILES string of the molecule is Nc1onc(-c2cccc(Cl)c2F)c1-c1ccccn1. The van der Waals surface area contributed by atoms with Gasteiger partial charge in [-0.05, 0) is 24.3 Å². The molecule has 6 heteroatoms. The Morgan fingerprint density at radius 1 is 1.15 bits per heavy atom. The summed E-state index contributed by atoms with van der Waals surface area (Å²) in [6, 6.07) is 9.97. The number of aromatic nitrogens is 2. The summed E-state index contributed by atoms with van der Waals surface area (Å²) < 4.78 is 19.1. The van der Waals surface area contributed by atoms with Crippen LogP contribution in [0.4, 0.5) is 10.3 Å². The van der Waals surface area contributed by atoms with Crippen molar-refractivity contribution in [2.24, 2.45) is 0 Å². The molecule has 3 rings (SSSR count). The fourth-order valence-electron chi connectivity index (χ4n) is 1.93. The van der Waals surface area contributed by atoms with Crippen LogP contribution in [0.2, 0.25) is 5.02 Å². The van der Waals surface area contributed by atoms with Crippen LogP contribution >= 0.6 is 11.6 Å². The third-order valence-electron chi connectivity index (χ3n) is 2.85. The Hall–Kier alpha value is -2.40. The molecule has 4 nitrogen and oxygen atoms in total. The maximum absolute atomic E-state index is 14.1. The number of halogens is 2. The van der Waals surface area contributed by atoms with Crippen LogP contribution in [0.3, 0.4) is 0 Å². The van der Waals surface area contributed by atoms with Gasteiger partial charge in [-0.15, -0.1) is 0 Å². The van der Waals surface area contributed by atoms with Crippen LogP contribution in [0.15, 0.2) is 47.1 Å². The number of rotatable bonds is 2. The lowest BCUT2D eigenvalue weighted by Gasteiger charge is -2.04.